The van der Waals surface area contributed by atoms with Crippen LogP contribution in [-0.4, -0.2) is 24.8 Å². The molecule has 0 saturated carbocycles. The summed E-state index contributed by atoms with van der Waals surface area (Å²) in [5, 5.41) is 0.616. The number of hydrogen-bond donors (Lipinski definition) is 0. The average Bonchev–Trinajstić information content (AvgIpc) is 2.59. The highest BCUT2D eigenvalue weighted by Gasteiger charge is 2.27. The molecule has 0 aliphatic heterocycles. The lowest BCUT2D eigenvalue weighted by Crippen LogP contribution is -2.06. The first-order valence-corrected chi connectivity index (χ1v) is 10.8. The number of pyridine rings is 1. The summed E-state index contributed by atoms with van der Waals surface area (Å²) in [5.41, 5.74) is 1.91. The monoisotopic (exact) mass is 383 g/mol. The molecule has 0 radical (unpaired) electrons. The summed E-state index contributed by atoms with van der Waals surface area (Å²) < 4.78 is 43.4. The van der Waals surface area contributed by atoms with E-state index in [4.69, 9.17) is 13.8 Å². The quantitative estimate of drug-likeness (QED) is 0.393. The molecule has 0 N–H and O–H groups in total. The predicted octanol–water partition coefficient (Wildman–Crippen LogP) is 5.63. The van der Waals surface area contributed by atoms with Gasteiger partial charge in [-0.15, -0.1) is 0 Å². The molecule has 1 aromatic carbocycles. The molecule has 0 bridgehead atoms. The smallest absolute Gasteiger partial charge is 0.336 e. The van der Waals surface area contributed by atoms with Crippen LogP contribution in [0.5, 0.6) is 5.75 Å². The van der Waals surface area contributed by atoms with Crippen molar-refractivity contribution in [3.05, 3.63) is 35.3 Å². The van der Waals surface area contributed by atoms with E-state index in [2.05, 4.69) is 11.9 Å². The van der Waals surface area contributed by atoms with E-state index < -0.39 is 7.60 Å². The summed E-state index contributed by atoms with van der Waals surface area (Å²) in [5.74, 6) is 0.235. The van der Waals surface area contributed by atoms with Crippen LogP contribution in [0.3, 0.4) is 0 Å². The summed E-state index contributed by atoms with van der Waals surface area (Å²) in [6.07, 6.45) is 1.94. The summed E-state index contributed by atoms with van der Waals surface area (Å²) >= 11 is 0. The summed E-state index contributed by atoms with van der Waals surface area (Å²) in [6, 6.07) is 4.38. The standard InChI is InChI=1S/C19H27FNO4P/c1-5-8-11-23-19-14(4)18(13-26(22,24-6-2)25-7-3)21-17-10-9-15(20)12-16(17)19/h9-10,12H,5-8,11,13H2,1-4H3. The van der Waals surface area contributed by atoms with Crippen molar-refractivity contribution in [1.82, 2.24) is 4.98 Å². The van der Waals surface area contributed by atoms with Crippen LogP contribution in [0.4, 0.5) is 4.39 Å². The maximum absolute atomic E-state index is 13.7. The van der Waals surface area contributed by atoms with Crippen molar-refractivity contribution in [2.75, 3.05) is 19.8 Å². The third-order valence-electron chi connectivity index (χ3n) is 3.97. The van der Waals surface area contributed by atoms with Gasteiger partial charge in [0.15, 0.2) is 0 Å². The maximum Gasteiger partial charge on any atom is 0.336 e. The van der Waals surface area contributed by atoms with Crippen molar-refractivity contribution >= 4 is 18.5 Å². The molecule has 0 spiro atoms. The van der Waals surface area contributed by atoms with Gasteiger partial charge in [-0.05, 0) is 45.4 Å². The summed E-state index contributed by atoms with van der Waals surface area (Å²) in [7, 11) is -3.30. The Bertz CT molecular complexity index is 787. The van der Waals surface area contributed by atoms with E-state index in [1.807, 2.05) is 6.92 Å². The van der Waals surface area contributed by atoms with E-state index >= 15 is 0 Å². The largest absolute Gasteiger partial charge is 0.493 e. The first-order chi connectivity index (χ1) is 12.4. The lowest BCUT2D eigenvalue weighted by atomic mass is 10.1. The van der Waals surface area contributed by atoms with E-state index in [0.717, 1.165) is 18.4 Å². The molecule has 1 heterocycles. The topological polar surface area (TPSA) is 57.7 Å². The van der Waals surface area contributed by atoms with Gasteiger partial charge >= 0.3 is 7.60 Å². The third-order valence-corrected chi connectivity index (χ3v) is 5.96. The molecule has 0 atom stereocenters. The van der Waals surface area contributed by atoms with Crippen LogP contribution in [0.15, 0.2) is 18.2 Å². The van der Waals surface area contributed by atoms with E-state index in [-0.39, 0.29) is 25.2 Å². The van der Waals surface area contributed by atoms with Crippen LogP contribution in [0.25, 0.3) is 10.9 Å². The zero-order valence-corrected chi connectivity index (χ0v) is 16.8. The number of nitrogens with zero attached hydrogens (tertiary/aromatic N) is 1. The van der Waals surface area contributed by atoms with Crippen LogP contribution >= 0.6 is 7.60 Å². The van der Waals surface area contributed by atoms with Gasteiger partial charge in [0.05, 0.1) is 37.2 Å². The normalized spacial score (nSPS) is 11.9. The molecule has 26 heavy (non-hydrogen) atoms. The van der Waals surface area contributed by atoms with Gasteiger partial charge in [0.25, 0.3) is 0 Å². The van der Waals surface area contributed by atoms with Crippen molar-refractivity contribution in [3.63, 3.8) is 0 Å². The Balaban J connectivity index is 2.50. The van der Waals surface area contributed by atoms with Gasteiger partial charge in [-0.2, -0.15) is 0 Å². The van der Waals surface area contributed by atoms with Crippen LogP contribution in [-0.2, 0) is 19.8 Å². The summed E-state index contributed by atoms with van der Waals surface area (Å²) in [4.78, 5) is 4.58. The highest BCUT2D eigenvalue weighted by atomic mass is 31.2. The maximum atomic E-state index is 13.7. The SMILES string of the molecule is CCCCOc1c(C)c(CP(=O)(OCC)OCC)nc2ccc(F)cc12. The molecule has 144 valence electrons. The number of ether oxygens (including phenoxy) is 1. The molecule has 0 amide bonds. The van der Waals surface area contributed by atoms with Crippen LogP contribution in [0.1, 0.15) is 44.9 Å². The van der Waals surface area contributed by atoms with Crippen LogP contribution in [0.2, 0.25) is 0 Å². The van der Waals surface area contributed by atoms with Gasteiger partial charge < -0.3 is 13.8 Å². The fourth-order valence-corrected chi connectivity index (χ4v) is 4.43. The van der Waals surface area contributed by atoms with E-state index in [0.29, 0.717) is 29.0 Å². The second-order valence-corrected chi connectivity index (χ2v) is 8.04. The molecule has 0 aliphatic carbocycles. The van der Waals surface area contributed by atoms with Gasteiger partial charge in [0, 0.05) is 10.9 Å². The van der Waals surface area contributed by atoms with E-state index in [9.17, 15) is 8.96 Å². The molecule has 0 saturated heterocycles. The molecule has 2 aromatic rings. The number of halogens is 1. The zero-order chi connectivity index (χ0) is 19.2. The number of fused-ring (bicyclic) bond motifs is 1. The Morgan fingerprint density at radius 1 is 1.15 bits per heavy atom. The number of unbranched alkanes of at least 4 members (excludes halogenated alkanes) is 1. The summed E-state index contributed by atoms with van der Waals surface area (Å²) in [6.45, 7) is 8.57. The Labute approximate surface area is 154 Å². The number of rotatable bonds is 10. The average molecular weight is 383 g/mol. The van der Waals surface area contributed by atoms with Crippen molar-refractivity contribution in [2.45, 2.75) is 46.7 Å². The zero-order valence-electron chi connectivity index (χ0n) is 15.9. The molecule has 0 unspecified atom stereocenters. The number of hydrogen-bond acceptors (Lipinski definition) is 5. The Morgan fingerprint density at radius 2 is 1.85 bits per heavy atom. The fraction of sp³-hybridized carbons (Fsp3) is 0.526. The van der Waals surface area contributed by atoms with Gasteiger partial charge in [-0.3, -0.25) is 9.55 Å². The predicted molar refractivity (Wildman–Crippen MR) is 101 cm³/mol. The molecule has 1 aromatic heterocycles. The number of benzene rings is 1. The Hall–Kier alpha value is -1.49. The van der Waals surface area contributed by atoms with Gasteiger partial charge in [0.2, 0.25) is 0 Å². The highest BCUT2D eigenvalue weighted by molar-refractivity contribution is 7.53. The molecule has 2 rings (SSSR count). The van der Waals surface area contributed by atoms with E-state index in [1.54, 1.807) is 19.9 Å². The van der Waals surface area contributed by atoms with Crippen LogP contribution < -0.4 is 4.74 Å². The Morgan fingerprint density at radius 3 is 2.46 bits per heavy atom. The molecule has 5 nitrogen and oxygen atoms in total. The minimum Gasteiger partial charge on any atom is -0.493 e. The molecule has 0 aliphatic rings. The minimum absolute atomic E-state index is 0.0535. The second-order valence-electron chi connectivity index (χ2n) is 5.98. The highest BCUT2D eigenvalue weighted by Crippen LogP contribution is 2.52. The molecular formula is C19H27FNO4P. The van der Waals surface area contributed by atoms with Gasteiger partial charge in [-0.1, -0.05) is 13.3 Å². The first kappa shape index (κ1) is 20.8. The lowest BCUT2D eigenvalue weighted by molar-refractivity contribution is 0.219. The lowest BCUT2D eigenvalue weighted by Gasteiger charge is -2.20. The number of aromatic nitrogens is 1. The van der Waals surface area contributed by atoms with Gasteiger partial charge in [0.1, 0.15) is 11.6 Å². The van der Waals surface area contributed by atoms with Crippen molar-refractivity contribution < 1.29 is 22.7 Å². The first-order valence-electron chi connectivity index (χ1n) is 9.03. The Kier molecular flexibility index (Phi) is 7.56. The van der Waals surface area contributed by atoms with Crippen molar-refractivity contribution in [2.24, 2.45) is 0 Å². The second kappa shape index (κ2) is 9.45. The van der Waals surface area contributed by atoms with Gasteiger partial charge in [-0.25, -0.2) is 4.39 Å². The third kappa shape index (κ3) is 5.03. The molecule has 0 fully saturated rings. The molecular weight excluding hydrogens is 356 g/mol. The van der Waals surface area contributed by atoms with Crippen molar-refractivity contribution in [3.8, 4) is 5.75 Å². The van der Waals surface area contributed by atoms with E-state index in [1.165, 1.54) is 12.1 Å². The van der Waals surface area contributed by atoms with Crippen molar-refractivity contribution in [1.29, 1.82) is 0 Å². The fourth-order valence-electron chi connectivity index (χ4n) is 2.71. The molecule has 7 heteroatoms. The minimum atomic E-state index is -3.30. The van der Waals surface area contributed by atoms with Crippen LogP contribution in [0, 0.1) is 12.7 Å².